The summed E-state index contributed by atoms with van der Waals surface area (Å²) in [5.41, 5.74) is 0. The molecule has 78 valence electrons. The molecule has 0 saturated carbocycles. The van der Waals surface area contributed by atoms with Crippen LogP contribution in [0, 0.1) is 5.92 Å². The molecule has 3 amide bonds. The number of urea groups is 1. The fourth-order valence-electron chi connectivity index (χ4n) is 2.08. The normalized spacial score (nSPS) is 32.4. The lowest BCUT2D eigenvalue weighted by Crippen LogP contribution is -2.59. The first kappa shape index (κ1) is 9.45. The summed E-state index contributed by atoms with van der Waals surface area (Å²) in [6.07, 6.45) is 0. The first-order valence-electron chi connectivity index (χ1n) is 4.82. The average molecular weight is 198 g/mol. The summed E-state index contributed by atoms with van der Waals surface area (Å²) in [7, 11) is 1.73. The van der Waals surface area contributed by atoms with Crippen LogP contribution in [0.15, 0.2) is 0 Å². The number of nitrogens with zero attached hydrogens (tertiary/aromatic N) is 2. The SMILES string of the molecule is CCN1C(=O)C2COCC2N(C)C1=O. The number of hydrogen-bond acceptors (Lipinski definition) is 3. The molecule has 5 nitrogen and oxygen atoms in total. The van der Waals surface area contributed by atoms with Crippen molar-refractivity contribution in [2.75, 3.05) is 26.8 Å². The lowest BCUT2D eigenvalue weighted by Gasteiger charge is -2.38. The molecule has 0 aromatic rings. The molecular weight excluding hydrogens is 184 g/mol. The Balaban J connectivity index is 2.27. The van der Waals surface area contributed by atoms with Crippen LogP contribution in [0.1, 0.15) is 6.92 Å². The van der Waals surface area contributed by atoms with Crippen molar-refractivity contribution in [3.63, 3.8) is 0 Å². The Morgan fingerprint density at radius 1 is 1.43 bits per heavy atom. The third-order valence-corrected chi connectivity index (χ3v) is 2.98. The van der Waals surface area contributed by atoms with E-state index >= 15 is 0 Å². The van der Waals surface area contributed by atoms with Crippen LogP contribution in [0.2, 0.25) is 0 Å². The minimum atomic E-state index is -0.204. The maximum Gasteiger partial charge on any atom is 0.326 e. The van der Waals surface area contributed by atoms with E-state index in [0.717, 1.165) is 0 Å². The Labute approximate surface area is 82.6 Å². The third kappa shape index (κ3) is 1.12. The van der Waals surface area contributed by atoms with Gasteiger partial charge < -0.3 is 9.64 Å². The second-order valence-electron chi connectivity index (χ2n) is 3.69. The van der Waals surface area contributed by atoms with Gasteiger partial charge in [-0.3, -0.25) is 9.69 Å². The molecular formula is C9H14N2O3. The van der Waals surface area contributed by atoms with Gasteiger partial charge in [0.05, 0.1) is 25.2 Å². The van der Waals surface area contributed by atoms with Crippen molar-refractivity contribution < 1.29 is 14.3 Å². The van der Waals surface area contributed by atoms with Crippen molar-refractivity contribution in [3.8, 4) is 0 Å². The third-order valence-electron chi connectivity index (χ3n) is 2.98. The van der Waals surface area contributed by atoms with Gasteiger partial charge in [-0.2, -0.15) is 0 Å². The molecule has 2 heterocycles. The molecule has 0 radical (unpaired) electrons. The number of rotatable bonds is 1. The second kappa shape index (κ2) is 3.24. The fraction of sp³-hybridized carbons (Fsp3) is 0.778. The van der Waals surface area contributed by atoms with Crippen molar-refractivity contribution in [2.45, 2.75) is 13.0 Å². The zero-order valence-corrected chi connectivity index (χ0v) is 8.40. The molecule has 2 aliphatic rings. The summed E-state index contributed by atoms with van der Waals surface area (Å²) in [6.45, 7) is 3.17. The molecule has 0 aromatic heterocycles. The number of ether oxygens (including phenoxy) is 1. The Morgan fingerprint density at radius 3 is 2.79 bits per heavy atom. The molecule has 2 fully saturated rings. The van der Waals surface area contributed by atoms with E-state index in [4.69, 9.17) is 4.74 Å². The maximum absolute atomic E-state index is 11.8. The number of fused-ring (bicyclic) bond motifs is 1. The molecule has 2 unspecified atom stereocenters. The predicted octanol–water partition coefficient (Wildman–Crippen LogP) is -0.0847. The van der Waals surface area contributed by atoms with Crippen LogP contribution in [0.5, 0.6) is 0 Å². The van der Waals surface area contributed by atoms with Crippen LogP contribution in [-0.4, -0.2) is 54.6 Å². The summed E-state index contributed by atoms with van der Waals surface area (Å²) in [5, 5.41) is 0. The first-order valence-corrected chi connectivity index (χ1v) is 4.82. The summed E-state index contributed by atoms with van der Waals surface area (Å²) >= 11 is 0. The van der Waals surface area contributed by atoms with Gasteiger partial charge >= 0.3 is 6.03 Å². The number of hydrogen-bond donors (Lipinski definition) is 0. The van der Waals surface area contributed by atoms with E-state index in [0.29, 0.717) is 19.8 Å². The summed E-state index contributed by atoms with van der Waals surface area (Å²) in [4.78, 5) is 26.4. The van der Waals surface area contributed by atoms with Crippen LogP contribution in [0.4, 0.5) is 4.79 Å². The van der Waals surface area contributed by atoms with Gasteiger partial charge in [-0.1, -0.05) is 0 Å². The van der Waals surface area contributed by atoms with Crippen LogP contribution >= 0.6 is 0 Å². The summed E-state index contributed by atoms with van der Waals surface area (Å²) in [6, 6.07) is -0.262. The zero-order chi connectivity index (χ0) is 10.3. The van der Waals surface area contributed by atoms with Gasteiger partial charge in [-0.15, -0.1) is 0 Å². The summed E-state index contributed by atoms with van der Waals surface area (Å²) < 4.78 is 5.23. The minimum absolute atomic E-state index is 0.0576. The van der Waals surface area contributed by atoms with Crippen molar-refractivity contribution in [1.29, 1.82) is 0 Å². The molecule has 14 heavy (non-hydrogen) atoms. The summed E-state index contributed by atoms with van der Waals surface area (Å²) in [5.74, 6) is -0.240. The van der Waals surface area contributed by atoms with Crippen molar-refractivity contribution >= 4 is 11.9 Å². The van der Waals surface area contributed by atoms with Crippen LogP contribution in [0.3, 0.4) is 0 Å². The first-order chi connectivity index (χ1) is 6.66. The molecule has 2 aliphatic heterocycles. The van der Waals surface area contributed by atoms with Gasteiger partial charge in [-0.25, -0.2) is 4.79 Å². The Kier molecular flexibility index (Phi) is 2.19. The monoisotopic (exact) mass is 198 g/mol. The van der Waals surface area contributed by atoms with E-state index in [1.165, 1.54) is 4.90 Å². The van der Waals surface area contributed by atoms with Gasteiger partial charge in [0.25, 0.3) is 0 Å². The molecule has 2 rings (SSSR count). The Bertz CT molecular complexity index is 279. The Hall–Kier alpha value is -1.10. The highest BCUT2D eigenvalue weighted by Gasteiger charge is 2.47. The predicted molar refractivity (Wildman–Crippen MR) is 48.6 cm³/mol. The largest absolute Gasteiger partial charge is 0.378 e. The fourth-order valence-corrected chi connectivity index (χ4v) is 2.08. The van der Waals surface area contributed by atoms with E-state index < -0.39 is 0 Å². The minimum Gasteiger partial charge on any atom is -0.378 e. The number of imide groups is 1. The molecule has 0 aliphatic carbocycles. The molecule has 0 spiro atoms. The quantitative estimate of drug-likeness (QED) is 0.592. The molecule has 2 saturated heterocycles. The number of amides is 3. The average Bonchev–Trinajstić information content (AvgIpc) is 2.64. The second-order valence-corrected chi connectivity index (χ2v) is 3.69. The van der Waals surface area contributed by atoms with Gasteiger partial charge in [-0.05, 0) is 6.92 Å². The van der Waals surface area contributed by atoms with Gasteiger partial charge in [0.15, 0.2) is 0 Å². The molecule has 0 aromatic carbocycles. The van der Waals surface area contributed by atoms with E-state index in [1.807, 2.05) is 0 Å². The van der Waals surface area contributed by atoms with Crippen molar-refractivity contribution in [3.05, 3.63) is 0 Å². The standard InChI is InChI=1S/C9H14N2O3/c1-3-11-8(12)6-4-14-5-7(6)10(2)9(11)13/h6-7H,3-5H2,1-2H3. The van der Waals surface area contributed by atoms with Crippen LogP contribution in [-0.2, 0) is 9.53 Å². The van der Waals surface area contributed by atoms with Gasteiger partial charge in [0.1, 0.15) is 0 Å². The highest BCUT2D eigenvalue weighted by molar-refractivity contribution is 5.98. The van der Waals surface area contributed by atoms with E-state index in [2.05, 4.69) is 0 Å². The number of likely N-dealkylation sites (N-methyl/N-ethyl adjacent to an activating group) is 1. The van der Waals surface area contributed by atoms with Crippen molar-refractivity contribution in [1.82, 2.24) is 9.80 Å². The number of carbonyl (C=O) groups is 2. The highest BCUT2D eigenvalue weighted by Crippen LogP contribution is 2.26. The van der Waals surface area contributed by atoms with E-state index in [1.54, 1.807) is 18.9 Å². The smallest absolute Gasteiger partial charge is 0.326 e. The maximum atomic E-state index is 11.8. The highest BCUT2D eigenvalue weighted by atomic mass is 16.5. The molecule has 2 atom stereocenters. The van der Waals surface area contributed by atoms with Crippen LogP contribution in [0.25, 0.3) is 0 Å². The lowest BCUT2D eigenvalue weighted by atomic mass is 9.98. The zero-order valence-electron chi connectivity index (χ0n) is 8.40. The Morgan fingerprint density at radius 2 is 2.14 bits per heavy atom. The van der Waals surface area contributed by atoms with Crippen LogP contribution < -0.4 is 0 Å². The van der Waals surface area contributed by atoms with E-state index in [-0.39, 0.29) is 23.9 Å². The lowest BCUT2D eigenvalue weighted by molar-refractivity contribution is -0.136. The van der Waals surface area contributed by atoms with Crippen molar-refractivity contribution in [2.24, 2.45) is 5.92 Å². The van der Waals surface area contributed by atoms with Gasteiger partial charge in [0.2, 0.25) is 5.91 Å². The van der Waals surface area contributed by atoms with Gasteiger partial charge in [0, 0.05) is 13.6 Å². The molecule has 0 N–H and O–H groups in total. The molecule has 0 bridgehead atoms. The topological polar surface area (TPSA) is 49.9 Å². The molecule has 5 heteroatoms. The van der Waals surface area contributed by atoms with E-state index in [9.17, 15) is 9.59 Å². The number of carbonyl (C=O) groups excluding carboxylic acids is 2.